The Hall–Kier alpha value is -2.37. The van der Waals surface area contributed by atoms with Crippen molar-refractivity contribution in [1.29, 1.82) is 0 Å². The number of carbonyl (C=O) groups excluding carboxylic acids is 1. The van der Waals surface area contributed by atoms with Crippen LogP contribution in [0.4, 0.5) is 0 Å². The van der Waals surface area contributed by atoms with E-state index in [0.29, 0.717) is 18.0 Å². The highest BCUT2D eigenvalue weighted by Gasteiger charge is 2.30. The zero-order valence-corrected chi connectivity index (χ0v) is 10.8. The monoisotopic (exact) mass is 273 g/mol. The van der Waals surface area contributed by atoms with E-state index in [0.717, 1.165) is 12.8 Å². The first-order chi connectivity index (χ1) is 9.63. The molecule has 1 amide bonds. The lowest BCUT2D eigenvalue weighted by Crippen LogP contribution is -2.41. The van der Waals surface area contributed by atoms with Gasteiger partial charge in [0.1, 0.15) is 17.4 Å². The molecule has 2 aromatic rings. The van der Waals surface area contributed by atoms with E-state index in [-0.39, 0.29) is 5.69 Å². The van der Waals surface area contributed by atoms with Crippen LogP contribution in [0.25, 0.3) is 5.65 Å². The van der Waals surface area contributed by atoms with Gasteiger partial charge < -0.3 is 14.8 Å². The molecule has 0 bridgehead atoms. The quantitative estimate of drug-likeness (QED) is 0.860. The average molecular weight is 273 g/mol. The topological polar surface area (TPSA) is 83.7 Å². The highest BCUT2D eigenvalue weighted by molar-refractivity contribution is 5.95. The summed E-state index contributed by atoms with van der Waals surface area (Å²) >= 11 is 0. The molecule has 6 nitrogen and oxygen atoms in total. The van der Waals surface area contributed by atoms with E-state index in [9.17, 15) is 9.59 Å². The van der Waals surface area contributed by atoms with Crippen LogP contribution in [0.5, 0.6) is 0 Å². The summed E-state index contributed by atoms with van der Waals surface area (Å²) in [6.45, 7) is 0. The van der Waals surface area contributed by atoms with Crippen LogP contribution in [-0.2, 0) is 4.79 Å². The van der Waals surface area contributed by atoms with Gasteiger partial charge in [-0.1, -0.05) is 18.9 Å². The number of amides is 1. The second kappa shape index (κ2) is 4.96. The second-order valence-corrected chi connectivity index (χ2v) is 5.14. The largest absolute Gasteiger partial charge is 0.480 e. The van der Waals surface area contributed by atoms with Crippen LogP contribution in [0.2, 0.25) is 0 Å². The molecular weight excluding hydrogens is 258 g/mol. The standard InChI is InChI=1S/C14H15N3O3/c18-13(16-10(14(19)20)7-9-4-5-9)11-8-17-6-2-1-3-12(17)15-11/h1-3,6,8-10H,4-5,7H2,(H,16,18)(H,19,20). The summed E-state index contributed by atoms with van der Waals surface area (Å²) in [5.41, 5.74) is 0.893. The van der Waals surface area contributed by atoms with Gasteiger partial charge in [-0.2, -0.15) is 0 Å². The van der Waals surface area contributed by atoms with Crippen molar-refractivity contribution in [2.75, 3.05) is 0 Å². The summed E-state index contributed by atoms with van der Waals surface area (Å²) < 4.78 is 1.73. The number of nitrogens with one attached hydrogen (secondary N) is 1. The molecule has 20 heavy (non-hydrogen) atoms. The van der Waals surface area contributed by atoms with Crippen molar-refractivity contribution in [3.8, 4) is 0 Å². The van der Waals surface area contributed by atoms with E-state index in [2.05, 4.69) is 10.3 Å². The van der Waals surface area contributed by atoms with Gasteiger partial charge in [-0.05, 0) is 24.5 Å². The van der Waals surface area contributed by atoms with Gasteiger partial charge in [0.05, 0.1) is 0 Å². The van der Waals surface area contributed by atoms with Crippen molar-refractivity contribution < 1.29 is 14.7 Å². The van der Waals surface area contributed by atoms with Crippen LogP contribution in [-0.4, -0.2) is 32.4 Å². The Morgan fingerprint density at radius 3 is 2.90 bits per heavy atom. The maximum atomic E-state index is 12.1. The average Bonchev–Trinajstić information content (AvgIpc) is 3.13. The Morgan fingerprint density at radius 2 is 2.25 bits per heavy atom. The summed E-state index contributed by atoms with van der Waals surface area (Å²) in [6.07, 6.45) is 5.98. The molecule has 0 saturated heterocycles. The molecule has 0 aromatic carbocycles. The zero-order chi connectivity index (χ0) is 14.1. The van der Waals surface area contributed by atoms with E-state index in [4.69, 9.17) is 5.11 Å². The van der Waals surface area contributed by atoms with Crippen molar-refractivity contribution in [2.24, 2.45) is 5.92 Å². The number of carboxylic acid groups (broad SMARTS) is 1. The van der Waals surface area contributed by atoms with Crippen molar-refractivity contribution in [1.82, 2.24) is 14.7 Å². The number of carbonyl (C=O) groups is 2. The summed E-state index contributed by atoms with van der Waals surface area (Å²) in [7, 11) is 0. The summed E-state index contributed by atoms with van der Waals surface area (Å²) in [4.78, 5) is 27.4. The normalized spacial score (nSPS) is 16.0. The number of nitrogens with zero attached hydrogens (tertiary/aromatic N) is 2. The first-order valence-corrected chi connectivity index (χ1v) is 6.61. The molecule has 0 aliphatic heterocycles. The van der Waals surface area contributed by atoms with Gasteiger partial charge in [0.25, 0.3) is 5.91 Å². The molecule has 0 spiro atoms. The number of fused-ring (bicyclic) bond motifs is 1. The van der Waals surface area contributed by atoms with E-state index in [1.165, 1.54) is 0 Å². The number of pyridine rings is 1. The predicted molar refractivity (Wildman–Crippen MR) is 71.4 cm³/mol. The minimum absolute atomic E-state index is 0.234. The van der Waals surface area contributed by atoms with Crippen LogP contribution in [0.1, 0.15) is 29.8 Å². The van der Waals surface area contributed by atoms with Crippen molar-refractivity contribution in [3.63, 3.8) is 0 Å². The van der Waals surface area contributed by atoms with Gasteiger partial charge in [-0.3, -0.25) is 4.79 Å². The molecule has 2 aromatic heterocycles. The van der Waals surface area contributed by atoms with Gasteiger partial charge in [0, 0.05) is 12.4 Å². The van der Waals surface area contributed by atoms with Gasteiger partial charge in [-0.25, -0.2) is 9.78 Å². The third kappa shape index (κ3) is 2.64. The maximum Gasteiger partial charge on any atom is 0.326 e. The van der Waals surface area contributed by atoms with E-state index in [1.54, 1.807) is 22.9 Å². The lowest BCUT2D eigenvalue weighted by molar-refractivity contribution is -0.139. The molecule has 3 rings (SSSR count). The number of hydrogen-bond acceptors (Lipinski definition) is 3. The van der Waals surface area contributed by atoms with Crippen LogP contribution in [0, 0.1) is 5.92 Å². The highest BCUT2D eigenvalue weighted by atomic mass is 16.4. The Balaban J connectivity index is 1.75. The van der Waals surface area contributed by atoms with E-state index in [1.807, 2.05) is 12.1 Å². The Morgan fingerprint density at radius 1 is 1.45 bits per heavy atom. The van der Waals surface area contributed by atoms with Gasteiger partial charge in [0.2, 0.25) is 0 Å². The molecular formula is C14H15N3O3. The van der Waals surface area contributed by atoms with E-state index < -0.39 is 17.9 Å². The number of aromatic nitrogens is 2. The summed E-state index contributed by atoms with van der Waals surface area (Å²) in [5, 5.41) is 11.7. The van der Waals surface area contributed by atoms with Crippen LogP contribution < -0.4 is 5.32 Å². The molecule has 2 heterocycles. The van der Waals surface area contributed by atoms with Crippen LogP contribution >= 0.6 is 0 Å². The zero-order valence-electron chi connectivity index (χ0n) is 10.8. The minimum Gasteiger partial charge on any atom is -0.480 e. The van der Waals surface area contributed by atoms with Crippen molar-refractivity contribution in [2.45, 2.75) is 25.3 Å². The number of carboxylic acids is 1. The SMILES string of the molecule is O=C(NC(CC1CC1)C(=O)O)c1cn2ccccc2n1. The Labute approximate surface area is 115 Å². The number of imidazole rings is 1. The molecule has 1 unspecified atom stereocenters. The lowest BCUT2D eigenvalue weighted by atomic mass is 10.1. The minimum atomic E-state index is -0.992. The van der Waals surface area contributed by atoms with Gasteiger partial charge in [0.15, 0.2) is 0 Å². The molecule has 1 saturated carbocycles. The molecule has 1 atom stereocenters. The van der Waals surface area contributed by atoms with Crippen LogP contribution in [0.15, 0.2) is 30.6 Å². The Bertz CT molecular complexity index is 627. The lowest BCUT2D eigenvalue weighted by Gasteiger charge is -2.12. The fraction of sp³-hybridized carbons (Fsp3) is 0.357. The maximum absolute atomic E-state index is 12.1. The fourth-order valence-electron chi connectivity index (χ4n) is 2.18. The molecule has 2 N–H and O–H groups in total. The molecule has 0 radical (unpaired) electrons. The Kier molecular flexibility index (Phi) is 3.14. The highest BCUT2D eigenvalue weighted by Crippen LogP contribution is 2.33. The van der Waals surface area contributed by atoms with Gasteiger partial charge in [-0.15, -0.1) is 0 Å². The van der Waals surface area contributed by atoms with Gasteiger partial charge >= 0.3 is 5.97 Å². The smallest absolute Gasteiger partial charge is 0.326 e. The molecule has 1 fully saturated rings. The second-order valence-electron chi connectivity index (χ2n) is 5.14. The molecule has 6 heteroatoms. The first kappa shape index (κ1) is 12.7. The number of hydrogen-bond donors (Lipinski definition) is 2. The third-order valence-corrected chi connectivity index (χ3v) is 3.47. The third-order valence-electron chi connectivity index (χ3n) is 3.47. The molecule has 104 valence electrons. The summed E-state index contributed by atoms with van der Waals surface area (Å²) in [6, 6.07) is 4.62. The molecule has 1 aliphatic rings. The predicted octanol–water partition coefficient (Wildman–Crippen LogP) is 1.32. The van der Waals surface area contributed by atoms with E-state index >= 15 is 0 Å². The number of aliphatic carboxylic acids is 1. The number of rotatable bonds is 5. The van der Waals surface area contributed by atoms with Crippen molar-refractivity contribution >= 4 is 17.5 Å². The van der Waals surface area contributed by atoms with Crippen LogP contribution in [0.3, 0.4) is 0 Å². The molecule has 1 aliphatic carbocycles. The van der Waals surface area contributed by atoms with Crippen molar-refractivity contribution in [3.05, 3.63) is 36.3 Å². The summed E-state index contributed by atoms with van der Waals surface area (Å²) in [5.74, 6) is -1.01. The fourth-order valence-corrected chi connectivity index (χ4v) is 2.18. The first-order valence-electron chi connectivity index (χ1n) is 6.61.